The van der Waals surface area contributed by atoms with Crippen LogP contribution in [-0.4, -0.2) is 42.1 Å². The molecule has 1 fully saturated rings. The van der Waals surface area contributed by atoms with Crippen molar-refractivity contribution in [1.82, 2.24) is 10.2 Å². The minimum absolute atomic E-state index is 0.365. The van der Waals surface area contributed by atoms with Crippen LogP contribution in [0.15, 0.2) is 12.1 Å². The van der Waals surface area contributed by atoms with E-state index >= 15 is 0 Å². The van der Waals surface area contributed by atoms with Gasteiger partial charge in [-0.3, -0.25) is 4.79 Å². The summed E-state index contributed by atoms with van der Waals surface area (Å²) in [4.78, 5) is 14.1. The number of amides is 1. The molecule has 0 unspecified atom stereocenters. The maximum absolute atomic E-state index is 13.5. The van der Waals surface area contributed by atoms with Crippen molar-refractivity contribution in [1.29, 1.82) is 0 Å². The van der Waals surface area contributed by atoms with E-state index in [1.165, 1.54) is 0 Å². The molecule has 1 amide bonds. The molecule has 2 N–H and O–H groups in total. The van der Waals surface area contributed by atoms with E-state index in [1.807, 2.05) is 0 Å². The van der Waals surface area contributed by atoms with Gasteiger partial charge >= 0.3 is 0 Å². The maximum Gasteiger partial charge on any atom is 0.258 e. The molecule has 0 spiro atoms. The maximum atomic E-state index is 13.5. The SMILES string of the molecule is CC1CCN(CCNC(=O)c2c(O)cc(F)cc2F)CC1. The second kappa shape index (κ2) is 6.85. The number of carbonyl (C=O) groups is 1. The van der Waals surface area contributed by atoms with Crippen LogP contribution < -0.4 is 5.32 Å². The summed E-state index contributed by atoms with van der Waals surface area (Å²) in [6, 6.07) is 1.31. The smallest absolute Gasteiger partial charge is 0.258 e. The predicted octanol–water partition coefficient (Wildman–Crippen LogP) is 2.13. The summed E-state index contributed by atoms with van der Waals surface area (Å²) in [7, 11) is 0. The Hall–Kier alpha value is -1.69. The first kappa shape index (κ1) is 15.7. The monoisotopic (exact) mass is 298 g/mol. The van der Waals surface area contributed by atoms with Crippen LogP contribution in [0.1, 0.15) is 30.1 Å². The van der Waals surface area contributed by atoms with Gasteiger partial charge in [0.05, 0.1) is 0 Å². The van der Waals surface area contributed by atoms with Crippen LogP contribution in [-0.2, 0) is 0 Å². The van der Waals surface area contributed by atoms with E-state index in [-0.39, 0.29) is 0 Å². The molecule has 21 heavy (non-hydrogen) atoms. The molecule has 1 aromatic carbocycles. The summed E-state index contributed by atoms with van der Waals surface area (Å²) in [6.45, 7) is 5.26. The lowest BCUT2D eigenvalue weighted by Gasteiger charge is -2.30. The Morgan fingerprint density at radius 1 is 1.38 bits per heavy atom. The number of likely N-dealkylation sites (tertiary alicyclic amines) is 1. The Morgan fingerprint density at radius 3 is 2.67 bits per heavy atom. The van der Waals surface area contributed by atoms with Crippen molar-refractivity contribution in [3.63, 3.8) is 0 Å². The van der Waals surface area contributed by atoms with Crippen molar-refractivity contribution >= 4 is 5.91 Å². The van der Waals surface area contributed by atoms with Crippen molar-refractivity contribution < 1.29 is 18.7 Å². The molecule has 0 saturated carbocycles. The van der Waals surface area contributed by atoms with Crippen LogP contribution in [0.3, 0.4) is 0 Å². The number of hydrogen-bond donors (Lipinski definition) is 2. The quantitative estimate of drug-likeness (QED) is 0.895. The van der Waals surface area contributed by atoms with Crippen LogP contribution in [0, 0.1) is 17.6 Å². The molecule has 2 rings (SSSR count). The van der Waals surface area contributed by atoms with E-state index in [2.05, 4.69) is 17.1 Å². The third-order valence-corrected chi connectivity index (χ3v) is 3.85. The second-order valence-corrected chi connectivity index (χ2v) is 5.56. The molecule has 1 saturated heterocycles. The normalized spacial score (nSPS) is 16.9. The third kappa shape index (κ3) is 4.14. The standard InChI is InChI=1S/C15H20F2N2O2/c1-10-2-5-19(6-3-10)7-4-18-15(21)14-12(17)8-11(16)9-13(14)20/h8-10,20H,2-7H2,1H3,(H,18,21). The van der Waals surface area contributed by atoms with Crippen molar-refractivity contribution in [2.75, 3.05) is 26.2 Å². The topological polar surface area (TPSA) is 52.6 Å². The van der Waals surface area contributed by atoms with E-state index in [4.69, 9.17) is 0 Å². The molecule has 0 aliphatic carbocycles. The number of hydrogen-bond acceptors (Lipinski definition) is 3. The Morgan fingerprint density at radius 2 is 2.05 bits per heavy atom. The summed E-state index contributed by atoms with van der Waals surface area (Å²) >= 11 is 0. The zero-order chi connectivity index (χ0) is 15.4. The summed E-state index contributed by atoms with van der Waals surface area (Å²) < 4.78 is 26.4. The molecule has 0 atom stereocenters. The van der Waals surface area contributed by atoms with E-state index in [0.717, 1.165) is 37.9 Å². The fourth-order valence-corrected chi connectivity index (χ4v) is 2.49. The highest BCUT2D eigenvalue weighted by atomic mass is 19.1. The average Bonchev–Trinajstić information content (AvgIpc) is 2.40. The number of piperidine rings is 1. The van der Waals surface area contributed by atoms with Gasteiger partial charge in [0.25, 0.3) is 5.91 Å². The van der Waals surface area contributed by atoms with Crippen LogP contribution in [0.25, 0.3) is 0 Å². The number of phenols is 1. The van der Waals surface area contributed by atoms with Gasteiger partial charge in [0.15, 0.2) is 0 Å². The first-order chi connectivity index (χ1) is 9.97. The third-order valence-electron chi connectivity index (χ3n) is 3.85. The molecule has 0 bridgehead atoms. The molecule has 0 aromatic heterocycles. The molecule has 0 radical (unpaired) electrons. The van der Waals surface area contributed by atoms with Gasteiger partial charge in [0.1, 0.15) is 22.9 Å². The molecular weight excluding hydrogens is 278 g/mol. The van der Waals surface area contributed by atoms with Gasteiger partial charge in [-0.1, -0.05) is 6.92 Å². The van der Waals surface area contributed by atoms with Crippen LogP contribution >= 0.6 is 0 Å². The number of nitrogens with one attached hydrogen (secondary N) is 1. The molecular formula is C15H20F2N2O2. The van der Waals surface area contributed by atoms with Gasteiger partial charge in [-0.2, -0.15) is 0 Å². The van der Waals surface area contributed by atoms with E-state index < -0.39 is 28.9 Å². The zero-order valence-corrected chi connectivity index (χ0v) is 12.0. The summed E-state index contributed by atoms with van der Waals surface area (Å²) in [5.74, 6) is -2.64. The Kier molecular flexibility index (Phi) is 5.12. The van der Waals surface area contributed by atoms with Gasteiger partial charge in [0.2, 0.25) is 0 Å². The Bertz CT molecular complexity index is 491. The lowest BCUT2D eigenvalue weighted by molar-refractivity contribution is 0.0937. The average molecular weight is 298 g/mol. The first-order valence-electron chi connectivity index (χ1n) is 7.16. The molecule has 4 nitrogen and oxygen atoms in total. The Balaban J connectivity index is 1.85. The van der Waals surface area contributed by atoms with Crippen LogP contribution in [0.4, 0.5) is 8.78 Å². The summed E-state index contributed by atoms with van der Waals surface area (Å²) in [5, 5.41) is 12.0. The predicted molar refractivity (Wildman–Crippen MR) is 75.2 cm³/mol. The van der Waals surface area contributed by atoms with Crippen molar-refractivity contribution in [2.24, 2.45) is 5.92 Å². The number of halogens is 2. The lowest BCUT2D eigenvalue weighted by Crippen LogP contribution is -2.39. The van der Waals surface area contributed by atoms with Gasteiger partial charge in [-0.15, -0.1) is 0 Å². The summed E-state index contributed by atoms with van der Waals surface area (Å²) in [6.07, 6.45) is 2.28. The number of aromatic hydroxyl groups is 1. The van der Waals surface area contributed by atoms with Gasteiger partial charge < -0.3 is 15.3 Å². The minimum Gasteiger partial charge on any atom is -0.507 e. The minimum atomic E-state index is -1.06. The zero-order valence-electron chi connectivity index (χ0n) is 12.0. The number of phenolic OH excluding ortho intramolecular Hbond substituents is 1. The number of benzene rings is 1. The summed E-state index contributed by atoms with van der Waals surface area (Å²) in [5.41, 5.74) is -0.510. The fourth-order valence-electron chi connectivity index (χ4n) is 2.49. The molecule has 116 valence electrons. The van der Waals surface area contributed by atoms with Crippen molar-refractivity contribution in [2.45, 2.75) is 19.8 Å². The number of rotatable bonds is 4. The molecule has 1 aromatic rings. The lowest BCUT2D eigenvalue weighted by atomic mass is 9.99. The van der Waals surface area contributed by atoms with Gasteiger partial charge in [0, 0.05) is 25.2 Å². The van der Waals surface area contributed by atoms with Crippen molar-refractivity contribution in [3.8, 4) is 5.75 Å². The van der Waals surface area contributed by atoms with E-state index in [9.17, 15) is 18.7 Å². The largest absolute Gasteiger partial charge is 0.507 e. The second-order valence-electron chi connectivity index (χ2n) is 5.56. The van der Waals surface area contributed by atoms with E-state index in [1.54, 1.807) is 0 Å². The highest BCUT2D eigenvalue weighted by Crippen LogP contribution is 2.21. The van der Waals surface area contributed by atoms with Crippen LogP contribution in [0.5, 0.6) is 5.75 Å². The Labute approximate surface area is 122 Å². The van der Waals surface area contributed by atoms with Gasteiger partial charge in [-0.25, -0.2) is 8.78 Å². The van der Waals surface area contributed by atoms with E-state index in [0.29, 0.717) is 19.2 Å². The number of nitrogens with zero attached hydrogens (tertiary/aromatic N) is 1. The highest BCUT2D eigenvalue weighted by molar-refractivity contribution is 5.97. The highest BCUT2D eigenvalue weighted by Gasteiger charge is 2.19. The molecule has 1 heterocycles. The fraction of sp³-hybridized carbons (Fsp3) is 0.533. The van der Waals surface area contributed by atoms with Crippen LogP contribution in [0.2, 0.25) is 0 Å². The number of carbonyl (C=O) groups excluding carboxylic acids is 1. The first-order valence-corrected chi connectivity index (χ1v) is 7.16. The molecule has 6 heteroatoms. The van der Waals surface area contributed by atoms with Gasteiger partial charge in [-0.05, 0) is 31.8 Å². The van der Waals surface area contributed by atoms with Crippen molar-refractivity contribution in [3.05, 3.63) is 29.3 Å². The molecule has 1 aliphatic heterocycles. The molecule has 1 aliphatic rings.